The number of rotatable bonds is 5. The van der Waals surface area contributed by atoms with E-state index in [1.54, 1.807) is 12.3 Å². The molecule has 1 aromatic heterocycles. The number of amides is 1. The first kappa shape index (κ1) is 13.2. The fraction of sp³-hybridized carbons (Fsp3) is 0.417. The highest BCUT2D eigenvalue weighted by Gasteiger charge is 2.15. The number of aryl methyl sites for hydroxylation is 1. The Bertz CT molecular complexity index is 418. The summed E-state index contributed by atoms with van der Waals surface area (Å²) in [5.74, 6) is -1.20. The van der Waals surface area contributed by atoms with Gasteiger partial charge in [-0.05, 0) is 25.0 Å². The van der Waals surface area contributed by atoms with E-state index in [1.807, 2.05) is 13.8 Å². The Kier molecular flexibility index (Phi) is 4.63. The van der Waals surface area contributed by atoms with Crippen molar-refractivity contribution in [3.05, 3.63) is 29.6 Å². The Balaban J connectivity index is 2.67. The topological polar surface area (TPSA) is 79.3 Å². The number of nitrogens with one attached hydrogen (secondary N) is 1. The molecule has 0 saturated heterocycles. The van der Waals surface area contributed by atoms with Crippen molar-refractivity contribution in [2.75, 3.05) is 0 Å². The van der Waals surface area contributed by atoms with Crippen LogP contribution in [0.15, 0.2) is 18.5 Å². The van der Waals surface area contributed by atoms with Gasteiger partial charge in [0.1, 0.15) is 0 Å². The summed E-state index contributed by atoms with van der Waals surface area (Å²) < 4.78 is 0. The average molecular weight is 236 g/mol. The van der Waals surface area contributed by atoms with Crippen LogP contribution >= 0.6 is 0 Å². The molecule has 0 radical (unpaired) electrons. The van der Waals surface area contributed by atoms with Gasteiger partial charge in [-0.15, -0.1) is 0 Å². The van der Waals surface area contributed by atoms with Gasteiger partial charge in [0.05, 0.1) is 12.0 Å². The number of carbonyl (C=O) groups excluding carboxylic acids is 1. The van der Waals surface area contributed by atoms with Crippen LogP contribution in [-0.2, 0) is 4.79 Å². The van der Waals surface area contributed by atoms with Gasteiger partial charge >= 0.3 is 5.97 Å². The molecule has 1 atom stereocenters. The fourth-order valence-corrected chi connectivity index (χ4v) is 1.46. The van der Waals surface area contributed by atoms with Crippen LogP contribution in [0.1, 0.15) is 35.7 Å². The van der Waals surface area contributed by atoms with E-state index in [0.29, 0.717) is 12.0 Å². The highest BCUT2D eigenvalue weighted by atomic mass is 16.4. The second kappa shape index (κ2) is 5.98. The number of carboxylic acids is 1. The minimum absolute atomic E-state index is 0.0680. The maximum Gasteiger partial charge on any atom is 0.305 e. The third-order valence-electron chi connectivity index (χ3n) is 2.39. The molecule has 5 nitrogen and oxygen atoms in total. The minimum atomic E-state index is -0.917. The molecule has 0 spiro atoms. The smallest absolute Gasteiger partial charge is 0.305 e. The van der Waals surface area contributed by atoms with Crippen LogP contribution in [0.5, 0.6) is 0 Å². The van der Waals surface area contributed by atoms with Crippen molar-refractivity contribution in [3.8, 4) is 0 Å². The molecule has 0 aliphatic carbocycles. The molecule has 1 aromatic rings. The van der Waals surface area contributed by atoms with E-state index >= 15 is 0 Å². The molecule has 1 rings (SSSR count). The Morgan fingerprint density at radius 1 is 1.47 bits per heavy atom. The van der Waals surface area contributed by atoms with Crippen molar-refractivity contribution >= 4 is 11.9 Å². The molecule has 0 saturated carbocycles. The lowest BCUT2D eigenvalue weighted by Gasteiger charge is -2.14. The molecule has 0 aliphatic heterocycles. The number of pyridine rings is 1. The summed E-state index contributed by atoms with van der Waals surface area (Å²) in [5.41, 5.74) is 1.35. The van der Waals surface area contributed by atoms with E-state index in [-0.39, 0.29) is 18.4 Å². The maximum absolute atomic E-state index is 11.8. The van der Waals surface area contributed by atoms with Crippen LogP contribution in [0.2, 0.25) is 0 Å². The molecule has 0 aliphatic rings. The molecule has 0 fully saturated rings. The van der Waals surface area contributed by atoms with Gasteiger partial charge in [-0.3, -0.25) is 14.6 Å². The molecule has 5 heteroatoms. The van der Waals surface area contributed by atoms with Gasteiger partial charge in [-0.25, -0.2) is 0 Å². The van der Waals surface area contributed by atoms with Crippen molar-refractivity contribution in [3.63, 3.8) is 0 Å². The Morgan fingerprint density at radius 3 is 2.71 bits per heavy atom. The summed E-state index contributed by atoms with van der Waals surface area (Å²) in [7, 11) is 0. The third kappa shape index (κ3) is 4.22. The zero-order chi connectivity index (χ0) is 12.8. The summed E-state index contributed by atoms with van der Waals surface area (Å²) >= 11 is 0. The number of hydrogen-bond acceptors (Lipinski definition) is 3. The van der Waals surface area contributed by atoms with Crippen LogP contribution in [0.3, 0.4) is 0 Å². The zero-order valence-electron chi connectivity index (χ0n) is 9.93. The molecule has 0 aromatic carbocycles. The number of hydrogen-bond donors (Lipinski definition) is 2. The lowest BCUT2D eigenvalue weighted by atomic mass is 10.1. The summed E-state index contributed by atoms with van der Waals surface area (Å²) in [5, 5.41) is 11.4. The first-order chi connectivity index (χ1) is 8.02. The number of nitrogens with zero attached hydrogens (tertiary/aromatic N) is 1. The van der Waals surface area contributed by atoms with Gasteiger partial charge in [0.15, 0.2) is 0 Å². The molecule has 1 unspecified atom stereocenters. The summed E-state index contributed by atoms with van der Waals surface area (Å²) in [6.45, 7) is 3.68. The van der Waals surface area contributed by atoms with E-state index in [0.717, 1.165) is 5.56 Å². The van der Waals surface area contributed by atoms with E-state index < -0.39 is 5.97 Å². The van der Waals surface area contributed by atoms with Gasteiger partial charge in [-0.2, -0.15) is 0 Å². The van der Waals surface area contributed by atoms with Crippen molar-refractivity contribution in [1.29, 1.82) is 0 Å². The number of carbonyl (C=O) groups is 2. The minimum Gasteiger partial charge on any atom is -0.481 e. The summed E-state index contributed by atoms with van der Waals surface area (Å²) in [4.78, 5) is 26.3. The maximum atomic E-state index is 11.8. The van der Waals surface area contributed by atoms with E-state index in [4.69, 9.17) is 5.11 Å². The van der Waals surface area contributed by atoms with Crippen LogP contribution in [-0.4, -0.2) is 28.0 Å². The van der Waals surface area contributed by atoms with Crippen molar-refractivity contribution in [2.45, 2.75) is 32.7 Å². The standard InChI is InChI=1S/C12H16N2O3/c1-3-10(5-11(15)16)14-12(17)9-4-8(2)6-13-7-9/h4,6-7,10H,3,5H2,1-2H3,(H,14,17)(H,15,16). The highest BCUT2D eigenvalue weighted by molar-refractivity contribution is 5.94. The Labute approximate surface area is 99.9 Å². The molecule has 92 valence electrons. The molecule has 17 heavy (non-hydrogen) atoms. The van der Waals surface area contributed by atoms with Gasteiger partial charge in [0.25, 0.3) is 5.91 Å². The molecule has 2 N–H and O–H groups in total. The van der Waals surface area contributed by atoms with Crippen molar-refractivity contribution in [2.24, 2.45) is 0 Å². The lowest BCUT2D eigenvalue weighted by Crippen LogP contribution is -2.36. The van der Waals surface area contributed by atoms with E-state index in [9.17, 15) is 9.59 Å². The normalized spacial score (nSPS) is 11.9. The zero-order valence-corrected chi connectivity index (χ0v) is 9.93. The Morgan fingerprint density at radius 2 is 2.18 bits per heavy atom. The first-order valence-corrected chi connectivity index (χ1v) is 5.47. The van der Waals surface area contributed by atoms with Gasteiger partial charge in [0.2, 0.25) is 0 Å². The SMILES string of the molecule is CCC(CC(=O)O)NC(=O)c1cncc(C)c1. The van der Waals surface area contributed by atoms with Crippen LogP contribution in [0.25, 0.3) is 0 Å². The highest BCUT2D eigenvalue weighted by Crippen LogP contribution is 2.04. The van der Waals surface area contributed by atoms with Gasteiger partial charge in [0, 0.05) is 18.4 Å². The van der Waals surface area contributed by atoms with Crippen LogP contribution in [0, 0.1) is 6.92 Å². The molecule has 0 bridgehead atoms. The van der Waals surface area contributed by atoms with Crippen molar-refractivity contribution < 1.29 is 14.7 Å². The lowest BCUT2D eigenvalue weighted by molar-refractivity contribution is -0.137. The number of aliphatic carboxylic acids is 1. The monoisotopic (exact) mass is 236 g/mol. The fourth-order valence-electron chi connectivity index (χ4n) is 1.46. The number of aromatic nitrogens is 1. The Hall–Kier alpha value is -1.91. The molecular formula is C12H16N2O3. The quantitative estimate of drug-likeness (QED) is 0.809. The van der Waals surface area contributed by atoms with Crippen LogP contribution < -0.4 is 5.32 Å². The number of carboxylic acid groups (broad SMARTS) is 1. The third-order valence-corrected chi connectivity index (χ3v) is 2.39. The molecule has 1 amide bonds. The first-order valence-electron chi connectivity index (χ1n) is 5.47. The predicted octanol–water partition coefficient (Wildman–Crippen LogP) is 1.37. The second-order valence-electron chi connectivity index (χ2n) is 3.93. The van der Waals surface area contributed by atoms with Gasteiger partial charge < -0.3 is 10.4 Å². The van der Waals surface area contributed by atoms with Crippen molar-refractivity contribution in [1.82, 2.24) is 10.3 Å². The predicted molar refractivity (Wildman–Crippen MR) is 62.8 cm³/mol. The average Bonchev–Trinajstić information content (AvgIpc) is 2.27. The summed E-state index contributed by atoms with van der Waals surface area (Å²) in [6, 6.07) is 1.37. The van der Waals surface area contributed by atoms with Crippen LogP contribution in [0.4, 0.5) is 0 Å². The van der Waals surface area contributed by atoms with E-state index in [1.165, 1.54) is 6.20 Å². The largest absolute Gasteiger partial charge is 0.481 e. The second-order valence-corrected chi connectivity index (χ2v) is 3.93. The molecular weight excluding hydrogens is 220 g/mol. The van der Waals surface area contributed by atoms with Gasteiger partial charge in [-0.1, -0.05) is 6.92 Å². The van der Waals surface area contributed by atoms with E-state index in [2.05, 4.69) is 10.3 Å². The summed E-state index contributed by atoms with van der Waals surface area (Å²) in [6.07, 6.45) is 3.64. The molecule has 1 heterocycles.